The van der Waals surface area contributed by atoms with Gasteiger partial charge < -0.3 is 19.5 Å². The van der Waals surface area contributed by atoms with E-state index in [1.807, 2.05) is 78.4 Å². The van der Waals surface area contributed by atoms with Gasteiger partial charge in [0.25, 0.3) is 11.5 Å². The van der Waals surface area contributed by atoms with Crippen LogP contribution in [0.2, 0.25) is 0 Å². The van der Waals surface area contributed by atoms with Crippen LogP contribution in [-0.2, 0) is 18.4 Å². The number of aromatic nitrogens is 3. The van der Waals surface area contributed by atoms with Crippen molar-refractivity contribution in [3.63, 3.8) is 0 Å². The summed E-state index contributed by atoms with van der Waals surface area (Å²) >= 11 is 0. The molecule has 0 saturated carbocycles. The first-order valence-corrected chi connectivity index (χ1v) is 14.6. The van der Waals surface area contributed by atoms with Crippen LogP contribution >= 0.6 is 0 Å². The average molecular weight is 568 g/mol. The summed E-state index contributed by atoms with van der Waals surface area (Å²) in [6.45, 7) is 3.95. The third-order valence-electron chi connectivity index (χ3n) is 9.06. The third-order valence-corrected chi connectivity index (χ3v) is 9.06. The van der Waals surface area contributed by atoms with Crippen LogP contribution in [0.25, 0.3) is 11.0 Å². The summed E-state index contributed by atoms with van der Waals surface area (Å²) in [5.74, 6) is -0.320. The summed E-state index contributed by atoms with van der Waals surface area (Å²) < 4.78 is 3.28. The maximum absolute atomic E-state index is 14.0. The van der Waals surface area contributed by atoms with Gasteiger partial charge in [-0.15, -0.1) is 0 Å². The molecule has 2 amide bonds. The van der Waals surface area contributed by atoms with Gasteiger partial charge in [0.05, 0.1) is 17.5 Å². The Balaban J connectivity index is 1.15. The van der Waals surface area contributed by atoms with Gasteiger partial charge in [-0.1, -0.05) is 48.0 Å². The Hall–Kier alpha value is -4.24. The van der Waals surface area contributed by atoms with Crippen LogP contribution in [0.3, 0.4) is 0 Å². The number of aliphatic hydroxyl groups is 1. The van der Waals surface area contributed by atoms with E-state index in [-0.39, 0.29) is 35.8 Å². The maximum atomic E-state index is 14.0. The highest BCUT2D eigenvalue weighted by atomic mass is 16.3. The van der Waals surface area contributed by atoms with Gasteiger partial charge in [-0.05, 0) is 49.9 Å². The van der Waals surface area contributed by atoms with E-state index in [9.17, 15) is 19.5 Å². The molecule has 2 saturated heterocycles. The number of hydrogen-bond donors (Lipinski definition) is 1. The van der Waals surface area contributed by atoms with Crippen molar-refractivity contribution < 1.29 is 14.7 Å². The molecular weight excluding hydrogens is 530 g/mol. The molecule has 0 unspecified atom stereocenters. The normalized spacial score (nSPS) is 20.5. The Morgan fingerprint density at radius 2 is 1.69 bits per heavy atom. The molecule has 2 aliphatic heterocycles. The first-order valence-electron chi connectivity index (χ1n) is 14.6. The largest absolute Gasteiger partial charge is 0.388 e. The molecule has 2 fully saturated rings. The van der Waals surface area contributed by atoms with Crippen molar-refractivity contribution in [1.29, 1.82) is 0 Å². The Kier molecular flexibility index (Phi) is 7.45. The minimum Gasteiger partial charge on any atom is -0.388 e. The Morgan fingerprint density at radius 1 is 0.976 bits per heavy atom. The van der Waals surface area contributed by atoms with Gasteiger partial charge in [0.1, 0.15) is 12.0 Å². The second-order valence-corrected chi connectivity index (χ2v) is 11.9. The molecule has 2 aliphatic rings. The Bertz CT molecular complexity index is 1650. The summed E-state index contributed by atoms with van der Waals surface area (Å²) in [6, 6.07) is 19.3. The van der Waals surface area contributed by atoms with Crippen LogP contribution in [0.15, 0.2) is 78.0 Å². The molecule has 0 spiro atoms. The molecule has 0 aliphatic carbocycles. The zero-order chi connectivity index (χ0) is 29.4. The number of nitrogens with zero attached hydrogens (tertiary/aromatic N) is 5. The number of likely N-dealkylation sites (tertiary alicyclic amines) is 2. The highest BCUT2D eigenvalue weighted by molar-refractivity contribution is 5.94. The molecule has 6 rings (SSSR count). The summed E-state index contributed by atoms with van der Waals surface area (Å²) in [6.07, 6.45) is 4.62. The number of benzene rings is 2. The van der Waals surface area contributed by atoms with Crippen molar-refractivity contribution in [3.05, 3.63) is 100 Å². The summed E-state index contributed by atoms with van der Waals surface area (Å²) in [4.78, 5) is 48.4. The van der Waals surface area contributed by atoms with Gasteiger partial charge in [-0.3, -0.25) is 19.0 Å². The van der Waals surface area contributed by atoms with E-state index in [1.165, 1.54) is 10.9 Å². The average Bonchev–Trinajstić information content (AvgIpc) is 3.39. The lowest BCUT2D eigenvalue weighted by Gasteiger charge is -2.43. The van der Waals surface area contributed by atoms with Crippen LogP contribution in [0.4, 0.5) is 0 Å². The number of carbonyl (C=O) groups excluding carboxylic acids is 2. The molecule has 4 heterocycles. The zero-order valence-electron chi connectivity index (χ0n) is 24.1. The number of rotatable bonds is 5. The molecule has 42 heavy (non-hydrogen) atoms. The van der Waals surface area contributed by atoms with Crippen molar-refractivity contribution in [2.24, 2.45) is 13.0 Å². The monoisotopic (exact) mass is 567 g/mol. The number of piperidine rings is 2. The molecule has 1 N–H and O–H groups in total. The molecule has 4 aromatic rings. The fourth-order valence-electron chi connectivity index (χ4n) is 6.49. The van der Waals surface area contributed by atoms with Gasteiger partial charge in [0.15, 0.2) is 0 Å². The van der Waals surface area contributed by atoms with Crippen LogP contribution in [0.1, 0.15) is 46.7 Å². The van der Waals surface area contributed by atoms with E-state index < -0.39 is 5.60 Å². The Labute approximate surface area is 245 Å². The number of hydrogen-bond acceptors (Lipinski definition) is 5. The van der Waals surface area contributed by atoms with Gasteiger partial charge in [0, 0.05) is 56.8 Å². The van der Waals surface area contributed by atoms with Crippen molar-refractivity contribution in [1.82, 2.24) is 23.9 Å². The smallest absolute Gasteiger partial charge is 0.262 e. The quantitative estimate of drug-likeness (QED) is 0.399. The fourth-order valence-corrected chi connectivity index (χ4v) is 6.49. The number of fused-ring (bicyclic) bond motifs is 1. The van der Waals surface area contributed by atoms with E-state index in [4.69, 9.17) is 0 Å². The topological polar surface area (TPSA) is 101 Å². The predicted molar refractivity (Wildman–Crippen MR) is 160 cm³/mol. The number of amides is 2. The van der Waals surface area contributed by atoms with Crippen LogP contribution in [-0.4, -0.2) is 72.6 Å². The lowest BCUT2D eigenvalue weighted by Crippen LogP contribution is -2.53. The van der Waals surface area contributed by atoms with Crippen molar-refractivity contribution >= 4 is 22.8 Å². The van der Waals surface area contributed by atoms with Crippen molar-refractivity contribution in [2.45, 2.75) is 44.2 Å². The second-order valence-electron chi connectivity index (χ2n) is 11.9. The molecule has 2 aromatic heterocycles. The molecular formula is C33H37N5O4. The number of carbonyl (C=O) groups is 2. The fraction of sp³-hybridized carbons (Fsp3) is 0.394. The van der Waals surface area contributed by atoms with Crippen molar-refractivity contribution in [3.8, 4) is 0 Å². The third kappa shape index (κ3) is 5.36. The van der Waals surface area contributed by atoms with Crippen molar-refractivity contribution in [2.75, 3.05) is 26.2 Å². The summed E-state index contributed by atoms with van der Waals surface area (Å²) in [5, 5.41) is 11.9. The van der Waals surface area contributed by atoms with Crippen LogP contribution < -0.4 is 5.56 Å². The highest BCUT2D eigenvalue weighted by Gasteiger charge is 2.41. The molecule has 9 heteroatoms. The van der Waals surface area contributed by atoms with Gasteiger partial charge in [-0.25, -0.2) is 4.98 Å². The highest BCUT2D eigenvalue weighted by Crippen LogP contribution is 2.36. The molecule has 0 bridgehead atoms. The zero-order valence-corrected chi connectivity index (χ0v) is 24.1. The maximum Gasteiger partial charge on any atom is 0.262 e. The standard InChI is InChI=1S/C33H37N5O4/c1-23-8-10-25(11-9-23)30(39)37-17-13-26(28(20-37)24-6-4-3-5-7-24)31(40)36-18-14-33(42,15-19-36)21-38-22-34-29-27(32(38)41)12-16-35(29)2/h3-12,16,22,26,28,42H,13-15,17-21H2,1-2H3/t26-,28+/m1/s1. The molecule has 218 valence electrons. The van der Waals surface area contributed by atoms with Crippen LogP contribution in [0.5, 0.6) is 0 Å². The predicted octanol–water partition coefficient (Wildman–Crippen LogP) is 3.34. The SMILES string of the molecule is Cc1ccc(C(=O)N2CC[C@@H](C(=O)N3CCC(O)(Cn4cnc5c(ccn5C)c4=O)CC3)[C@H](c3ccccc3)C2)cc1. The second kappa shape index (κ2) is 11.2. The van der Waals surface area contributed by atoms with Gasteiger partial charge >= 0.3 is 0 Å². The molecule has 9 nitrogen and oxygen atoms in total. The minimum absolute atomic E-state index is 0.0108. The van der Waals surface area contributed by atoms with E-state index >= 15 is 0 Å². The minimum atomic E-state index is -1.10. The first kappa shape index (κ1) is 27.9. The van der Waals surface area contributed by atoms with E-state index in [0.29, 0.717) is 62.0 Å². The van der Waals surface area contributed by atoms with Gasteiger partial charge in [0.2, 0.25) is 5.91 Å². The van der Waals surface area contributed by atoms with E-state index in [0.717, 1.165) is 11.1 Å². The summed E-state index contributed by atoms with van der Waals surface area (Å²) in [5.41, 5.74) is 2.15. The number of aryl methyl sites for hydroxylation is 2. The first-order chi connectivity index (χ1) is 20.2. The van der Waals surface area contributed by atoms with E-state index in [2.05, 4.69) is 4.98 Å². The molecule has 0 radical (unpaired) electrons. The van der Waals surface area contributed by atoms with Gasteiger partial charge in [-0.2, -0.15) is 0 Å². The summed E-state index contributed by atoms with van der Waals surface area (Å²) in [7, 11) is 1.84. The molecule has 2 atom stereocenters. The lowest BCUT2D eigenvalue weighted by atomic mass is 9.79. The lowest BCUT2D eigenvalue weighted by molar-refractivity contribution is -0.142. The van der Waals surface area contributed by atoms with E-state index in [1.54, 1.807) is 16.8 Å². The van der Waals surface area contributed by atoms with Crippen LogP contribution in [0, 0.1) is 12.8 Å². The Morgan fingerprint density at radius 3 is 2.40 bits per heavy atom. The molecule has 2 aromatic carbocycles.